The molecule has 2 aromatic rings. The highest BCUT2D eigenvalue weighted by Crippen LogP contribution is 2.32. The molecule has 0 unspecified atom stereocenters. The Morgan fingerprint density at radius 2 is 1.95 bits per heavy atom. The third-order valence-electron chi connectivity index (χ3n) is 3.32. The standard InChI is InChI=1S/C14H15BrN2O3/c1-8(18)16(2)10-5-9-6-12(14(19)20-4)17(3)13(9)11(15)7-10/h5-7H,1-4H3. The zero-order chi connectivity index (χ0) is 15.0. The second-order valence-corrected chi connectivity index (χ2v) is 5.38. The first-order chi connectivity index (χ1) is 9.36. The average molecular weight is 339 g/mol. The summed E-state index contributed by atoms with van der Waals surface area (Å²) < 4.78 is 7.35. The summed E-state index contributed by atoms with van der Waals surface area (Å²) in [5.41, 5.74) is 2.11. The van der Waals surface area contributed by atoms with Crippen molar-refractivity contribution in [2.75, 3.05) is 19.1 Å². The van der Waals surface area contributed by atoms with E-state index in [4.69, 9.17) is 4.74 Å². The summed E-state index contributed by atoms with van der Waals surface area (Å²) in [5.74, 6) is -0.447. The number of amides is 1. The fourth-order valence-corrected chi connectivity index (χ4v) is 2.84. The van der Waals surface area contributed by atoms with Crippen LogP contribution in [0.1, 0.15) is 17.4 Å². The molecule has 6 heteroatoms. The lowest BCUT2D eigenvalue weighted by atomic mass is 10.2. The number of halogens is 1. The molecule has 0 saturated heterocycles. The summed E-state index contributed by atoms with van der Waals surface area (Å²) in [6, 6.07) is 5.47. The van der Waals surface area contributed by atoms with Gasteiger partial charge in [0, 0.05) is 36.6 Å². The van der Waals surface area contributed by atoms with Gasteiger partial charge in [-0.2, -0.15) is 0 Å². The lowest BCUT2D eigenvalue weighted by molar-refractivity contribution is -0.116. The molecule has 0 N–H and O–H groups in total. The number of carbonyl (C=O) groups is 2. The normalized spacial score (nSPS) is 10.7. The number of methoxy groups -OCH3 is 1. The Balaban J connectivity index is 2.67. The smallest absolute Gasteiger partial charge is 0.354 e. The molecule has 20 heavy (non-hydrogen) atoms. The Morgan fingerprint density at radius 3 is 2.50 bits per heavy atom. The van der Waals surface area contributed by atoms with Gasteiger partial charge in [-0.3, -0.25) is 4.79 Å². The minimum atomic E-state index is -0.392. The van der Waals surface area contributed by atoms with Crippen LogP contribution in [0.25, 0.3) is 10.9 Å². The number of ether oxygens (including phenoxy) is 1. The third kappa shape index (κ3) is 2.31. The summed E-state index contributed by atoms with van der Waals surface area (Å²) in [6.45, 7) is 1.50. The topological polar surface area (TPSA) is 51.5 Å². The van der Waals surface area contributed by atoms with Crippen molar-refractivity contribution >= 4 is 44.4 Å². The van der Waals surface area contributed by atoms with E-state index in [1.807, 2.05) is 12.1 Å². The highest BCUT2D eigenvalue weighted by Gasteiger charge is 2.17. The van der Waals surface area contributed by atoms with E-state index in [1.54, 1.807) is 29.6 Å². The largest absolute Gasteiger partial charge is 0.464 e. The number of hydrogen-bond donors (Lipinski definition) is 0. The summed E-state index contributed by atoms with van der Waals surface area (Å²) in [7, 11) is 4.86. The van der Waals surface area contributed by atoms with Gasteiger partial charge in [0.05, 0.1) is 12.6 Å². The number of carbonyl (C=O) groups excluding carboxylic acids is 2. The van der Waals surface area contributed by atoms with Gasteiger partial charge in [-0.15, -0.1) is 0 Å². The number of fused-ring (bicyclic) bond motifs is 1. The van der Waals surface area contributed by atoms with Crippen LogP contribution in [0, 0.1) is 0 Å². The molecule has 1 aromatic heterocycles. The van der Waals surface area contributed by atoms with Crippen LogP contribution in [0.5, 0.6) is 0 Å². The van der Waals surface area contributed by atoms with Crippen molar-refractivity contribution in [3.8, 4) is 0 Å². The van der Waals surface area contributed by atoms with E-state index in [2.05, 4.69) is 15.9 Å². The highest BCUT2D eigenvalue weighted by atomic mass is 79.9. The maximum atomic E-state index is 11.7. The molecule has 0 aliphatic rings. The zero-order valence-corrected chi connectivity index (χ0v) is 13.3. The predicted octanol–water partition coefficient (Wildman–Crippen LogP) is 2.71. The monoisotopic (exact) mass is 338 g/mol. The number of rotatable bonds is 2. The third-order valence-corrected chi connectivity index (χ3v) is 3.93. The predicted molar refractivity (Wildman–Crippen MR) is 81.0 cm³/mol. The van der Waals surface area contributed by atoms with E-state index in [0.29, 0.717) is 5.69 Å². The van der Waals surface area contributed by atoms with Crippen LogP contribution >= 0.6 is 15.9 Å². The quantitative estimate of drug-likeness (QED) is 0.791. The molecular formula is C14H15BrN2O3. The van der Waals surface area contributed by atoms with Crippen LogP contribution in [0.3, 0.4) is 0 Å². The fraction of sp³-hybridized carbons (Fsp3) is 0.286. The summed E-state index contributed by atoms with van der Waals surface area (Å²) in [6.07, 6.45) is 0. The molecule has 0 aliphatic carbocycles. The van der Waals surface area contributed by atoms with Gasteiger partial charge < -0.3 is 14.2 Å². The zero-order valence-electron chi connectivity index (χ0n) is 11.7. The molecule has 5 nitrogen and oxygen atoms in total. The van der Waals surface area contributed by atoms with Crippen molar-refractivity contribution in [3.63, 3.8) is 0 Å². The number of aromatic nitrogens is 1. The van der Waals surface area contributed by atoms with Gasteiger partial charge in [0.25, 0.3) is 0 Å². The molecule has 0 radical (unpaired) electrons. The van der Waals surface area contributed by atoms with Crippen LogP contribution in [-0.2, 0) is 16.6 Å². The molecule has 0 aliphatic heterocycles. The SMILES string of the molecule is COC(=O)c1cc2cc(N(C)C(C)=O)cc(Br)c2n1C. The molecule has 0 bridgehead atoms. The van der Waals surface area contributed by atoms with E-state index in [9.17, 15) is 9.59 Å². The Hall–Kier alpha value is -1.82. The van der Waals surface area contributed by atoms with Crippen molar-refractivity contribution in [2.45, 2.75) is 6.92 Å². The molecule has 2 rings (SSSR count). The first kappa shape index (κ1) is 14.6. The Morgan fingerprint density at radius 1 is 1.30 bits per heavy atom. The van der Waals surface area contributed by atoms with E-state index >= 15 is 0 Å². The van der Waals surface area contributed by atoms with Crippen molar-refractivity contribution in [3.05, 3.63) is 28.4 Å². The molecule has 106 valence electrons. The average Bonchev–Trinajstić information content (AvgIpc) is 2.74. The van der Waals surface area contributed by atoms with Gasteiger partial charge >= 0.3 is 5.97 Å². The number of benzene rings is 1. The minimum Gasteiger partial charge on any atom is -0.464 e. The number of esters is 1. The van der Waals surface area contributed by atoms with Crippen molar-refractivity contribution in [1.29, 1.82) is 0 Å². The lowest BCUT2D eigenvalue weighted by Crippen LogP contribution is -2.22. The highest BCUT2D eigenvalue weighted by molar-refractivity contribution is 9.10. The maximum Gasteiger partial charge on any atom is 0.354 e. The van der Waals surface area contributed by atoms with Gasteiger partial charge in [-0.25, -0.2) is 4.79 Å². The van der Waals surface area contributed by atoms with Gasteiger partial charge in [0.2, 0.25) is 5.91 Å². The number of hydrogen-bond acceptors (Lipinski definition) is 3. The Labute approximate surface area is 125 Å². The second kappa shape index (κ2) is 5.28. The Bertz CT molecular complexity index is 706. The van der Waals surface area contributed by atoms with E-state index in [0.717, 1.165) is 21.1 Å². The van der Waals surface area contributed by atoms with Gasteiger partial charge in [-0.05, 0) is 34.1 Å². The maximum absolute atomic E-state index is 11.7. The minimum absolute atomic E-state index is 0.0552. The number of nitrogens with zero attached hydrogens (tertiary/aromatic N) is 2. The molecular weight excluding hydrogens is 324 g/mol. The van der Waals surface area contributed by atoms with Crippen molar-refractivity contribution in [1.82, 2.24) is 4.57 Å². The number of anilines is 1. The molecule has 0 spiro atoms. The summed E-state index contributed by atoms with van der Waals surface area (Å²) in [4.78, 5) is 24.7. The van der Waals surface area contributed by atoms with Crippen LogP contribution in [0.15, 0.2) is 22.7 Å². The van der Waals surface area contributed by atoms with Crippen molar-refractivity contribution in [2.24, 2.45) is 7.05 Å². The molecule has 0 fully saturated rings. The van der Waals surface area contributed by atoms with Crippen LogP contribution < -0.4 is 4.90 Å². The molecule has 1 heterocycles. The summed E-state index contributed by atoms with van der Waals surface area (Å²) >= 11 is 3.49. The van der Waals surface area contributed by atoms with Gasteiger partial charge in [-0.1, -0.05) is 0 Å². The number of aryl methyl sites for hydroxylation is 1. The van der Waals surface area contributed by atoms with Crippen LogP contribution in [-0.4, -0.2) is 30.6 Å². The Kier molecular flexibility index (Phi) is 3.85. The second-order valence-electron chi connectivity index (χ2n) is 4.52. The molecule has 0 atom stereocenters. The van der Waals surface area contributed by atoms with E-state index in [1.165, 1.54) is 14.0 Å². The van der Waals surface area contributed by atoms with Crippen molar-refractivity contribution < 1.29 is 14.3 Å². The van der Waals surface area contributed by atoms with Gasteiger partial charge in [0.15, 0.2) is 0 Å². The van der Waals surface area contributed by atoms with E-state index in [-0.39, 0.29) is 5.91 Å². The first-order valence-electron chi connectivity index (χ1n) is 5.98. The van der Waals surface area contributed by atoms with Crippen LogP contribution in [0.4, 0.5) is 5.69 Å². The summed E-state index contributed by atoms with van der Waals surface area (Å²) in [5, 5.41) is 0.866. The van der Waals surface area contributed by atoms with E-state index < -0.39 is 5.97 Å². The first-order valence-corrected chi connectivity index (χ1v) is 6.77. The molecule has 0 saturated carbocycles. The fourth-order valence-electron chi connectivity index (χ4n) is 2.11. The van der Waals surface area contributed by atoms with Gasteiger partial charge in [0.1, 0.15) is 5.69 Å². The molecule has 1 aromatic carbocycles. The van der Waals surface area contributed by atoms with Crippen LogP contribution in [0.2, 0.25) is 0 Å². The molecule has 1 amide bonds. The lowest BCUT2D eigenvalue weighted by Gasteiger charge is -2.16.